The van der Waals surface area contributed by atoms with Gasteiger partial charge in [0.2, 0.25) is 0 Å². The topological polar surface area (TPSA) is 231 Å². The van der Waals surface area contributed by atoms with E-state index in [0.717, 1.165) is 199 Å². The Morgan fingerprint density at radius 3 is 0.653 bits per heavy atom. The largest absolute Gasteiger partial charge is 0.472 e. The third-order valence-electron chi connectivity index (χ3n) is 19.2. The van der Waals surface area contributed by atoms with Crippen LogP contribution in [0.25, 0.3) is 0 Å². The molecule has 0 aliphatic carbocycles. The van der Waals surface area contributed by atoms with Gasteiger partial charge >= 0.3 is 33.6 Å². The summed E-state index contributed by atoms with van der Waals surface area (Å²) >= 11 is 0. The fourth-order valence-corrected chi connectivity index (χ4v) is 13.8. The molecule has 0 bridgehead atoms. The Kier molecular flexibility index (Phi) is 88.3. The number of phosphoric acid groups is 2. The van der Waals surface area contributed by atoms with Crippen molar-refractivity contribution in [1.82, 2.24) is 0 Å². The number of carbonyl (C=O) groups excluding carboxylic acids is 3. The van der Waals surface area contributed by atoms with Crippen molar-refractivity contribution >= 4 is 33.6 Å². The summed E-state index contributed by atoms with van der Waals surface area (Å²) in [4.78, 5) is 59.1. The smallest absolute Gasteiger partial charge is 0.463 e. The van der Waals surface area contributed by atoms with Crippen LogP contribution >= 0.6 is 15.6 Å². The normalized spacial score (nSPS) is 14.7. The fourth-order valence-electron chi connectivity index (χ4n) is 12.2. The summed E-state index contributed by atoms with van der Waals surface area (Å²) in [7, 11) is -9.83. The summed E-state index contributed by atoms with van der Waals surface area (Å²) in [5, 5.41) is 20.8. The van der Waals surface area contributed by atoms with Gasteiger partial charge in [-0.2, -0.15) is 0 Å². The Labute approximate surface area is 736 Å². The predicted octanol–water partition coefficient (Wildman–Crippen LogP) is 29.3. The van der Waals surface area contributed by atoms with Crippen molar-refractivity contribution in [3.8, 4) is 0 Å². The number of aliphatic hydroxyl groups excluding tert-OH is 2. The maximum absolute atomic E-state index is 13.1. The van der Waals surface area contributed by atoms with E-state index in [0.29, 0.717) is 19.3 Å². The van der Waals surface area contributed by atoms with E-state index in [2.05, 4.69) is 240 Å². The summed E-state index contributed by atoms with van der Waals surface area (Å²) in [6, 6.07) is 0. The van der Waals surface area contributed by atoms with Crippen LogP contribution in [0.4, 0.5) is 0 Å². The van der Waals surface area contributed by atoms with E-state index >= 15 is 0 Å². The molecule has 0 aromatic carbocycles. The van der Waals surface area contributed by atoms with E-state index in [4.69, 9.17) is 32.3 Å². The van der Waals surface area contributed by atoms with E-state index in [1.165, 1.54) is 96.3 Å². The van der Waals surface area contributed by atoms with E-state index in [1.54, 1.807) is 0 Å². The lowest BCUT2D eigenvalue weighted by atomic mass is 10.0. The lowest BCUT2D eigenvalue weighted by Gasteiger charge is -2.21. The van der Waals surface area contributed by atoms with Gasteiger partial charge in [0.05, 0.1) is 26.4 Å². The van der Waals surface area contributed by atoms with Gasteiger partial charge < -0.3 is 34.2 Å². The first-order valence-electron chi connectivity index (χ1n) is 47.0. The van der Waals surface area contributed by atoms with Crippen LogP contribution in [-0.4, -0.2) is 95.9 Å². The lowest BCUT2D eigenvalue weighted by Crippen LogP contribution is -2.30. The van der Waals surface area contributed by atoms with Gasteiger partial charge in [-0.05, 0) is 173 Å². The van der Waals surface area contributed by atoms with E-state index in [1.807, 2.05) is 0 Å². The Hall–Kier alpha value is -6.13. The Morgan fingerprint density at radius 1 is 0.231 bits per heavy atom. The Bertz CT molecular complexity index is 3080. The third kappa shape index (κ3) is 94.4. The molecule has 18 heteroatoms. The number of carbonyl (C=O) groups is 3. The molecule has 0 rings (SSSR count). The lowest BCUT2D eigenvalue weighted by molar-refractivity contribution is -0.161. The highest BCUT2D eigenvalue weighted by Crippen LogP contribution is 2.45. The molecule has 5 atom stereocenters. The van der Waals surface area contributed by atoms with Crippen molar-refractivity contribution < 1.29 is 75.8 Å². The summed E-state index contributed by atoms with van der Waals surface area (Å²) in [6.45, 7) is 2.32. The number of hydrogen-bond acceptors (Lipinski definition) is 14. The minimum Gasteiger partial charge on any atom is -0.463 e. The molecule has 0 saturated carbocycles. The van der Waals surface area contributed by atoms with Crippen LogP contribution in [0.2, 0.25) is 0 Å². The number of hydrogen-bond donors (Lipinski definition) is 4. The first-order chi connectivity index (χ1) is 59.2. The second kappa shape index (κ2) is 93.0. The number of phosphoric ester groups is 2. The van der Waals surface area contributed by atoms with Gasteiger partial charge in [0.15, 0.2) is 6.10 Å². The average molecular weight is 1720 g/mol. The number of aliphatic hydroxyl groups is 2. The van der Waals surface area contributed by atoms with Crippen LogP contribution in [0.3, 0.4) is 0 Å². The quantitative estimate of drug-likeness (QED) is 0.0146. The van der Waals surface area contributed by atoms with Gasteiger partial charge in [-0.1, -0.05) is 381 Å². The summed E-state index contributed by atoms with van der Waals surface area (Å²) in [6.07, 6.45) is 127. The molecular formula is C103H168O16P2. The molecule has 0 aromatic rings. The zero-order chi connectivity index (χ0) is 87.9. The van der Waals surface area contributed by atoms with Gasteiger partial charge in [0, 0.05) is 19.3 Å². The molecule has 0 aliphatic rings. The van der Waals surface area contributed by atoms with Crippen LogP contribution in [0.15, 0.2) is 219 Å². The standard InChI is InChI=1S/C103H168O16P2/c1-4-7-10-13-16-19-22-25-28-31-34-37-40-42-44-46-48-50-52-54-57-59-62-65-68-71-74-77-80-83-86-89-101(106)113-92-98(104)93-115-120(109,110)116-94-99(105)95-117-121(111,112)118-97-100(119-103(108)91-88-85-82-79-76-73-70-67-64-61-56-39-36-33-30-27-24-21-18-15-12-9-6-3)96-114-102(107)90-87-84-81-78-75-72-69-66-63-60-58-55-53-51-49-47-45-43-41-38-35-32-29-26-23-20-17-14-11-8-5-2/h7-12,16-21,25-30,34-39,42-45,48-51,61,64,70,73,98-100,104-105H,4-6,13-15,22-24,31-33,40-41,46-47,52-60,62-63,65-69,71-72,74-97H2,1-3H3,(H,109,110)(H,111,112)/b10-7-,11-8-,12-9-,19-16-,20-17-,21-18-,28-25-,29-26-,30-27-,37-34-,38-35-,39-36-,44-42-,45-43-,50-48-,51-49-,64-61-,73-70-. The van der Waals surface area contributed by atoms with Crippen molar-refractivity contribution in [3.05, 3.63) is 219 Å². The predicted molar refractivity (Wildman–Crippen MR) is 509 cm³/mol. The molecule has 0 spiro atoms. The third-order valence-corrected chi connectivity index (χ3v) is 21.1. The Balaban J connectivity index is 4.67. The number of allylic oxidation sites excluding steroid dienone is 36. The highest BCUT2D eigenvalue weighted by molar-refractivity contribution is 7.47. The molecule has 5 unspecified atom stereocenters. The summed E-state index contributed by atoms with van der Waals surface area (Å²) < 4.78 is 61.5. The van der Waals surface area contributed by atoms with Gasteiger partial charge in [0.1, 0.15) is 25.4 Å². The van der Waals surface area contributed by atoms with Crippen molar-refractivity contribution in [2.75, 3.05) is 39.6 Å². The van der Waals surface area contributed by atoms with Crippen molar-refractivity contribution in [1.29, 1.82) is 0 Å². The van der Waals surface area contributed by atoms with E-state index in [9.17, 15) is 43.5 Å². The van der Waals surface area contributed by atoms with E-state index in [-0.39, 0.29) is 19.3 Å². The Morgan fingerprint density at radius 2 is 0.413 bits per heavy atom. The van der Waals surface area contributed by atoms with Crippen LogP contribution in [0, 0.1) is 0 Å². The molecule has 0 amide bonds. The van der Waals surface area contributed by atoms with Crippen LogP contribution in [-0.2, 0) is 55.8 Å². The minimum absolute atomic E-state index is 0.0667. The molecule has 0 saturated heterocycles. The van der Waals surface area contributed by atoms with Gasteiger partial charge in [0.25, 0.3) is 0 Å². The second-order valence-electron chi connectivity index (χ2n) is 30.7. The zero-order valence-corrected chi connectivity index (χ0v) is 77.4. The molecule has 686 valence electrons. The molecule has 0 fully saturated rings. The average Bonchev–Trinajstić information content (AvgIpc) is 0.884. The van der Waals surface area contributed by atoms with Gasteiger partial charge in [-0.25, -0.2) is 9.13 Å². The maximum Gasteiger partial charge on any atom is 0.472 e. The van der Waals surface area contributed by atoms with Gasteiger partial charge in [-0.15, -0.1) is 0 Å². The first-order valence-corrected chi connectivity index (χ1v) is 50.0. The summed E-state index contributed by atoms with van der Waals surface area (Å²) in [5.41, 5.74) is 0. The number of esters is 3. The monoisotopic (exact) mass is 1720 g/mol. The molecule has 121 heavy (non-hydrogen) atoms. The molecule has 0 aliphatic heterocycles. The molecule has 0 heterocycles. The molecule has 0 radical (unpaired) electrons. The van der Waals surface area contributed by atoms with Crippen LogP contribution < -0.4 is 0 Å². The zero-order valence-electron chi connectivity index (χ0n) is 75.6. The number of ether oxygens (including phenoxy) is 3. The highest BCUT2D eigenvalue weighted by Gasteiger charge is 2.29. The molecular weight excluding hydrogens is 1560 g/mol. The summed E-state index contributed by atoms with van der Waals surface area (Å²) in [5.74, 6) is -1.61. The molecule has 4 N–H and O–H groups in total. The van der Waals surface area contributed by atoms with Crippen molar-refractivity contribution in [2.24, 2.45) is 0 Å². The maximum atomic E-state index is 13.1. The number of rotatable bonds is 87. The number of unbranched alkanes of at least 4 members (excludes halogenated alkanes) is 28. The first kappa shape index (κ1) is 115. The van der Waals surface area contributed by atoms with Crippen LogP contribution in [0.5, 0.6) is 0 Å². The SMILES string of the molecule is CC/C=C\C/C=C\C/C=C\C/C=C\C/C=C\C/C=C\CCCCCCCCCCCCCCC(=O)OCC(O)COP(=O)(O)OCC(O)COP(=O)(O)OCC(COC(=O)CCCCCCCCCCCCCC/C=C\C/C=C\C/C=C\C/C=C\C/C=C\C/C=C\CC)OC(=O)CCCCCC/C=C\C/C=C\C/C=C\C/C=C\C/C=C\C/C=C\CC. The van der Waals surface area contributed by atoms with Crippen molar-refractivity contribution in [2.45, 2.75) is 373 Å². The highest BCUT2D eigenvalue weighted by atomic mass is 31.2. The fraction of sp³-hybridized carbons (Fsp3) is 0.621. The molecule has 16 nitrogen and oxygen atoms in total. The minimum atomic E-state index is -4.96. The van der Waals surface area contributed by atoms with E-state index < -0.39 is 91.5 Å². The second-order valence-corrected chi connectivity index (χ2v) is 33.6. The van der Waals surface area contributed by atoms with Crippen molar-refractivity contribution in [3.63, 3.8) is 0 Å². The molecule has 0 aromatic heterocycles. The van der Waals surface area contributed by atoms with Crippen LogP contribution in [0.1, 0.15) is 355 Å². The van der Waals surface area contributed by atoms with Gasteiger partial charge in [-0.3, -0.25) is 32.5 Å².